The van der Waals surface area contributed by atoms with Crippen LogP contribution in [0.4, 0.5) is 0 Å². The molecule has 1 amide bonds. The Morgan fingerprint density at radius 1 is 1.38 bits per heavy atom. The summed E-state index contributed by atoms with van der Waals surface area (Å²) in [5, 5.41) is 0. The summed E-state index contributed by atoms with van der Waals surface area (Å²) in [6, 6.07) is 0. The van der Waals surface area contributed by atoms with Crippen molar-refractivity contribution in [3.8, 4) is 0 Å². The molecule has 16 heavy (non-hydrogen) atoms. The van der Waals surface area contributed by atoms with Crippen molar-refractivity contribution in [2.24, 2.45) is 11.3 Å². The minimum atomic E-state index is 0.167. The molecule has 2 nitrogen and oxygen atoms in total. The highest BCUT2D eigenvalue weighted by atomic mass is 16.2. The number of amides is 1. The molecule has 1 heterocycles. The van der Waals surface area contributed by atoms with Crippen LogP contribution in [-0.2, 0) is 4.79 Å². The Morgan fingerprint density at radius 2 is 2.06 bits per heavy atom. The van der Waals surface area contributed by atoms with Crippen molar-refractivity contribution >= 4 is 5.91 Å². The third-order valence-corrected chi connectivity index (χ3v) is 3.92. The molecule has 0 aromatic carbocycles. The van der Waals surface area contributed by atoms with Crippen LogP contribution < -0.4 is 0 Å². The van der Waals surface area contributed by atoms with Crippen molar-refractivity contribution in [3.63, 3.8) is 0 Å². The summed E-state index contributed by atoms with van der Waals surface area (Å²) in [6.45, 7) is 10.8. The Kier molecular flexibility index (Phi) is 4.82. The number of carbonyl (C=O) groups is 1. The van der Waals surface area contributed by atoms with Gasteiger partial charge < -0.3 is 4.90 Å². The molecule has 1 saturated heterocycles. The fraction of sp³-hybridized carbons (Fsp3) is 0.929. The summed E-state index contributed by atoms with van der Waals surface area (Å²) in [5.41, 5.74) is 0.167. The van der Waals surface area contributed by atoms with E-state index in [9.17, 15) is 4.79 Å². The second-order valence-corrected chi connectivity index (χ2v) is 5.98. The Labute approximate surface area is 100 Å². The van der Waals surface area contributed by atoms with Crippen LogP contribution in [-0.4, -0.2) is 23.9 Å². The van der Waals surface area contributed by atoms with Gasteiger partial charge in [-0.05, 0) is 24.2 Å². The molecule has 1 unspecified atom stereocenters. The fourth-order valence-electron chi connectivity index (χ4n) is 2.35. The molecule has 0 radical (unpaired) electrons. The number of hydrogen-bond acceptors (Lipinski definition) is 1. The molecule has 0 aromatic rings. The summed E-state index contributed by atoms with van der Waals surface area (Å²) in [7, 11) is 0. The van der Waals surface area contributed by atoms with Crippen LogP contribution in [0.3, 0.4) is 0 Å². The Bertz CT molecular complexity index is 235. The molecule has 0 spiro atoms. The van der Waals surface area contributed by atoms with E-state index >= 15 is 0 Å². The van der Waals surface area contributed by atoms with Gasteiger partial charge in [-0.15, -0.1) is 0 Å². The third kappa shape index (κ3) is 3.80. The molecular formula is C14H27NO. The van der Waals surface area contributed by atoms with Crippen LogP contribution in [0.5, 0.6) is 0 Å². The van der Waals surface area contributed by atoms with Gasteiger partial charge in [0.25, 0.3) is 0 Å². The Hall–Kier alpha value is -0.530. The fourth-order valence-corrected chi connectivity index (χ4v) is 2.35. The van der Waals surface area contributed by atoms with Crippen molar-refractivity contribution in [2.45, 2.75) is 59.8 Å². The highest BCUT2D eigenvalue weighted by molar-refractivity contribution is 5.77. The molecule has 1 aliphatic heterocycles. The normalized spacial score (nSPS) is 21.5. The average Bonchev–Trinajstić information content (AvgIpc) is 2.66. The molecule has 0 aliphatic carbocycles. The minimum absolute atomic E-state index is 0.167. The lowest BCUT2D eigenvalue weighted by Gasteiger charge is -2.25. The Morgan fingerprint density at radius 3 is 2.62 bits per heavy atom. The smallest absolute Gasteiger partial charge is 0.223 e. The molecule has 0 bridgehead atoms. The number of rotatable bonds is 5. The average molecular weight is 225 g/mol. The van der Waals surface area contributed by atoms with Gasteiger partial charge in [0.2, 0.25) is 5.91 Å². The van der Waals surface area contributed by atoms with E-state index < -0.39 is 0 Å². The highest BCUT2D eigenvalue weighted by Crippen LogP contribution is 2.28. The first-order chi connectivity index (χ1) is 7.48. The van der Waals surface area contributed by atoms with E-state index in [1.807, 2.05) is 0 Å². The van der Waals surface area contributed by atoms with Gasteiger partial charge in [0, 0.05) is 19.5 Å². The zero-order chi connectivity index (χ0) is 12.2. The van der Waals surface area contributed by atoms with Crippen molar-refractivity contribution in [2.75, 3.05) is 13.1 Å². The van der Waals surface area contributed by atoms with Crippen LogP contribution in [0.2, 0.25) is 0 Å². The quantitative estimate of drug-likeness (QED) is 0.701. The third-order valence-electron chi connectivity index (χ3n) is 3.92. The molecule has 1 atom stereocenters. The largest absolute Gasteiger partial charge is 0.342 e. The number of carbonyl (C=O) groups excluding carboxylic acids is 1. The number of hydrogen-bond donors (Lipinski definition) is 0. The van der Waals surface area contributed by atoms with Gasteiger partial charge in [-0.1, -0.05) is 40.5 Å². The second-order valence-electron chi connectivity index (χ2n) is 5.98. The molecule has 2 heteroatoms. The van der Waals surface area contributed by atoms with Crippen LogP contribution in [0, 0.1) is 11.3 Å². The standard InChI is InChI=1S/C14H27NO/c1-5-7-12-8-9-15(11-12)13(16)10-14(3,4)6-2/h12H,5-11H2,1-4H3. The van der Waals surface area contributed by atoms with Crippen LogP contribution >= 0.6 is 0 Å². The van der Waals surface area contributed by atoms with Gasteiger partial charge in [-0.25, -0.2) is 0 Å². The first kappa shape index (κ1) is 13.5. The first-order valence-electron chi connectivity index (χ1n) is 6.76. The summed E-state index contributed by atoms with van der Waals surface area (Å²) in [5.74, 6) is 1.13. The predicted octanol–water partition coefficient (Wildman–Crippen LogP) is 3.46. The zero-order valence-electron chi connectivity index (χ0n) is 11.4. The number of nitrogens with zero attached hydrogens (tertiary/aromatic N) is 1. The minimum Gasteiger partial charge on any atom is -0.342 e. The van der Waals surface area contributed by atoms with Gasteiger partial charge in [-0.3, -0.25) is 4.79 Å². The van der Waals surface area contributed by atoms with E-state index in [2.05, 4.69) is 32.6 Å². The molecule has 94 valence electrons. The molecule has 1 fully saturated rings. The van der Waals surface area contributed by atoms with E-state index in [4.69, 9.17) is 0 Å². The van der Waals surface area contributed by atoms with E-state index in [1.54, 1.807) is 0 Å². The van der Waals surface area contributed by atoms with Gasteiger partial charge in [0.05, 0.1) is 0 Å². The maximum atomic E-state index is 12.1. The van der Waals surface area contributed by atoms with Crippen LogP contribution in [0.15, 0.2) is 0 Å². The topological polar surface area (TPSA) is 20.3 Å². The molecule has 0 N–H and O–H groups in total. The van der Waals surface area contributed by atoms with Crippen molar-refractivity contribution in [1.29, 1.82) is 0 Å². The van der Waals surface area contributed by atoms with Crippen molar-refractivity contribution in [1.82, 2.24) is 4.90 Å². The van der Waals surface area contributed by atoms with E-state index in [0.717, 1.165) is 25.4 Å². The van der Waals surface area contributed by atoms with Gasteiger partial charge in [0.15, 0.2) is 0 Å². The van der Waals surface area contributed by atoms with Crippen LogP contribution in [0.1, 0.15) is 59.8 Å². The van der Waals surface area contributed by atoms with Crippen molar-refractivity contribution in [3.05, 3.63) is 0 Å². The molecule has 0 saturated carbocycles. The van der Waals surface area contributed by atoms with Gasteiger partial charge in [-0.2, -0.15) is 0 Å². The lowest BCUT2D eigenvalue weighted by molar-refractivity contribution is -0.132. The molecule has 0 aromatic heterocycles. The lowest BCUT2D eigenvalue weighted by Crippen LogP contribution is -2.32. The lowest BCUT2D eigenvalue weighted by atomic mass is 9.86. The SMILES string of the molecule is CCCC1CCN(C(=O)CC(C)(C)CC)C1. The van der Waals surface area contributed by atoms with Gasteiger partial charge >= 0.3 is 0 Å². The van der Waals surface area contributed by atoms with Crippen LogP contribution in [0.25, 0.3) is 0 Å². The maximum absolute atomic E-state index is 12.1. The molecule has 1 rings (SSSR count). The first-order valence-corrected chi connectivity index (χ1v) is 6.76. The van der Waals surface area contributed by atoms with E-state index in [0.29, 0.717) is 12.3 Å². The van der Waals surface area contributed by atoms with Crippen molar-refractivity contribution < 1.29 is 4.79 Å². The second kappa shape index (κ2) is 5.70. The summed E-state index contributed by atoms with van der Waals surface area (Å²) >= 11 is 0. The molecular weight excluding hydrogens is 198 g/mol. The summed E-state index contributed by atoms with van der Waals surface area (Å²) in [4.78, 5) is 14.2. The predicted molar refractivity (Wildman–Crippen MR) is 68.3 cm³/mol. The zero-order valence-corrected chi connectivity index (χ0v) is 11.4. The van der Waals surface area contributed by atoms with E-state index in [1.165, 1.54) is 19.3 Å². The highest BCUT2D eigenvalue weighted by Gasteiger charge is 2.28. The molecule has 1 aliphatic rings. The summed E-state index contributed by atoms with van der Waals surface area (Å²) in [6.07, 6.45) is 5.52. The Balaban J connectivity index is 2.39. The summed E-state index contributed by atoms with van der Waals surface area (Å²) < 4.78 is 0. The maximum Gasteiger partial charge on any atom is 0.223 e. The van der Waals surface area contributed by atoms with Gasteiger partial charge in [0.1, 0.15) is 0 Å². The number of likely N-dealkylation sites (tertiary alicyclic amines) is 1. The van der Waals surface area contributed by atoms with E-state index in [-0.39, 0.29) is 5.41 Å². The monoisotopic (exact) mass is 225 g/mol.